The van der Waals surface area contributed by atoms with E-state index in [1.54, 1.807) is 11.1 Å². The van der Waals surface area contributed by atoms with Crippen LogP contribution in [0, 0.1) is 0 Å². The molecule has 1 aliphatic rings. The van der Waals surface area contributed by atoms with Crippen molar-refractivity contribution in [1.29, 1.82) is 0 Å². The Morgan fingerprint density at radius 1 is 1.35 bits per heavy atom. The molecule has 0 unspecified atom stereocenters. The van der Waals surface area contributed by atoms with Crippen LogP contribution in [0.25, 0.3) is 10.9 Å². The predicted octanol–water partition coefficient (Wildman–Crippen LogP) is 2.72. The summed E-state index contributed by atoms with van der Waals surface area (Å²) in [5.74, 6) is -0.0103. The summed E-state index contributed by atoms with van der Waals surface area (Å²) in [7, 11) is 0. The molecule has 17 heavy (non-hydrogen) atoms. The third-order valence-electron chi connectivity index (χ3n) is 2.94. The number of aromatic nitrogens is 1. The second-order valence-corrected chi connectivity index (χ2v) is 4.10. The molecule has 1 aliphatic heterocycles. The molecule has 0 spiro atoms. The molecule has 0 atom stereocenters. The van der Waals surface area contributed by atoms with Crippen molar-refractivity contribution >= 4 is 16.8 Å². The number of nitrogens with zero attached hydrogens (tertiary/aromatic N) is 2. The number of hydrogen-bond donors (Lipinski definition) is 0. The molecule has 84 valence electrons. The highest BCUT2D eigenvalue weighted by molar-refractivity contribution is 5.99. The molecule has 1 amide bonds. The molecule has 0 N–H and O–H groups in total. The molecular formula is C14H12N2O. The van der Waals surface area contributed by atoms with Gasteiger partial charge < -0.3 is 4.90 Å². The summed E-state index contributed by atoms with van der Waals surface area (Å²) >= 11 is 0. The molecule has 3 rings (SSSR count). The first-order valence-corrected chi connectivity index (χ1v) is 5.62. The van der Waals surface area contributed by atoms with Gasteiger partial charge in [-0.15, -0.1) is 0 Å². The molecule has 2 heterocycles. The Balaban J connectivity index is 2.17. The van der Waals surface area contributed by atoms with Gasteiger partial charge in [-0.1, -0.05) is 24.3 Å². The fourth-order valence-corrected chi connectivity index (χ4v) is 2.16. The van der Waals surface area contributed by atoms with Crippen LogP contribution >= 0.6 is 0 Å². The van der Waals surface area contributed by atoms with Crippen LogP contribution in [0.15, 0.2) is 42.6 Å². The lowest BCUT2D eigenvalue weighted by Crippen LogP contribution is -2.17. The van der Waals surface area contributed by atoms with E-state index in [2.05, 4.69) is 11.1 Å². The van der Waals surface area contributed by atoms with Crippen molar-refractivity contribution in [1.82, 2.24) is 9.88 Å². The number of para-hydroxylation sites is 1. The average Bonchev–Trinajstić information content (AvgIpc) is 2.64. The molecule has 3 heteroatoms. The van der Waals surface area contributed by atoms with Crippen molar-refractivity contribution in [3.63, 3.8) is 0 Å². The Bertz CT molecular complexity index is 631. The Hall–Kier alpha value is -2.16. The van der Waals surface area contributed by atoms with Gasteiger partial charge in [-0.25, -0.2) is 4.98 Å². The van der Waals surface area contributed by atoms with Gasteiger partial charge in [-0.3, -0.25) is 4.79 Å². The fraction of sp³-hybridized carbons (Fsp3) is 0.143. The first-order valence-electron chi connectivity index (χ1n) is 5.62. The van der Waals surface area contributed by atoms with E-state index in [9.17, 15) is 4.79 Å². The van der Waals surface area contributed by atoms with Gasteiger partial charge in [0, 0.05) is 17.1 Å². The summed E-state index contributed by atoms with van der Waals surface area (Å²) in [6.07, 6.45) is 3.66. The molecule has 1 aromatic heterocycles. The molecule has 0 fully saturated rings. The highest BCUT2D eigenvalue weighted by Gasteiger charge is 2.27. The lowest BCUT2D eigenvalue weighted by molar-refractivity contribution is 0.0838. The van der Waals surface area contributed by atoms with Crippen LogP contribution in [-0.4, -0.2) is 15.8 Å². The fourth-order valence-electron chi connectivity index (χ4n) is 2.16. The first-order chi connectivity index (χ1) is 8.29. The number of carbonyl (C=O) groups is 1. The summed E-state index contributed by atoms with van der Waals surface area (Å²) in [4.78, 5) is 18.2. The zero-order valence-corrected chi connectivity index (χ0v) is 9.55. The maximum Gasteiger partial charge on any atom is 0.277 e. The van der Waals surface area contributed by atoms with E-state index in [0.29, 0.717) is 12.2 Å². The monoisotopic (exact) mass is 224 g/mol. The first kappa shape index (κ1) is 10.0. The number of allylic oxidation sites excluding steroid dienone is 1. The molecule has 1 aromatic carbocycles. The van der Waals surface area contributed by atoms with E-state index in [4.69, 9.17) is 0 Å². The minimum Gasteiger partial charge on any atom is -0.309 e. The second kappa shape index (κ2) is 3.70. The Morgan fingerprint density at radius 3 is 3.00 bits per heavy atom. The van der Waals surface area contributed by atoms with Crippen molar-refractivity contribution in [3.05, 3.63) is 53.9 Å². The van der Waals surface area contributed by atoms with Crippen LogP contribution in [0.2, 0.25) is 0 Å². The Kier molecular flexibility index (Phi) is 2.18. The van der Waals surface area contributed by atoms with Gasteiger partial charge in [0.15, 0.2) is 0 Å². The van der Waals surface area contributed by atoms with Crippen LogP contribution in [-0.2, 0) is 6.54 Å². The molecule has 0 bridgehead atoms. The minimum atomic E-state index is -0.0103. The van der Waals surface area contributed by atoms with E-state index in [1.807, 2.05) is 37.3 Å². The van der Waals surface area contributed by atoms with Gasteiger partial charge >= 0.3 is 0 Å². The number of fused-ring (bicyclic) bond motifs is 2. The number of hydrogen-bond acceptors (Lipinski definition) is 2. The standard InChI is InChI=1S/C14H12N2O/c1-2-7-16-9-11-8-10-5-3-4-6-12(10)15-13(11)14(16)17/h2-8H,9H2,1H3/b7-2+. The van der Waals surface area contributed by atoms with Crippen LogP contribution in [0.4, 0.5) is 0 Å². The third kappa shape index (κ3) is 1.51. The quantitative estimate of drug-likeness (QED) is 0.746. The van der Waals surface area contributed by atoms with Gasteiger partial charge in [-0.05, 0) is 19.1 Å². The molecule has 0 radical (unpaired) electrons. The number of benzene rings is 1. The Morgan fingerprint density at radius 2 is 2.18 bits per heavy atom. The average molecular weight is 224 g/mol. The summed E-state index contributed by atoms with van der Waals surface area (Å²) in [5, 5.41) is 1.08. The zero-order chi connectivity index (χ0) is 11.8. The van der Waals surface area contributed by atoms with Gasteiger partial charge in [0.2, 0.25) is 0 Å². The molecule has 0 saturated heterocycles. The van der Waals surface area contributed by atoms with Gasteiger partial charge in [0.25, 0.3) is 5.91 Å². The molecule has 0 aliphatic carbocycles. The van der Waals surface area contributed by atoms with E-state index >= 15 is 0 Å². The maximum absolute atomic E-state index is 12.0. The van der Waals surface area contributed by atoms with Crippen LogP contribution < -0.4 is 0 Å². The molecule has 3 nitrogen and oxygen atoms in total. The second-order valence-electron chi connectivity index (χ2n) is 4.10. The van der Waals surface area contributed by atoms with Gasteiger partial charge in [0.1, 0.15) is 5.69 Å². The lowest BCUT2D eigenvalue weighted by Gasteiger charge is -2.06. The van der Waals surface area contributed by atoms with E-state index in [1.165, 1.54) is 0 Å². The minimum absolute atomic E-state index is 0.0103. The summed E-state index contributed by atoms with van der Waals surface area (Å²) < 4.78 is 0. The summed E-state index contributed by atoms with van der Waals surface area (Å²) in [6.45, 7) is 2.52. The highest BCUT2D eigenvalue weighted by atomic mass is 16.2. The number of carbonyl (C=O) groups excluding carboxylic acids is 1. The number of pyridine rings is 1. The van der Waals surface area contributed by atoms with E-state index < -0.39 is 0 Å². The largest absolute Gasteiger partial charge is 0.309 e. The van der Waals surface area contributed by atoms with Crippen LogP contribution in [0.1, 0.15) is 23.0 Å². The normalized spacial score (nSPS) is 14.9. The van der Waals surface area contributed by atoms with Crippen LogP contribution in [0.5, 0.6) is 0 Å². The molecule has 0 saturated carbocycles. The van der Waals surface area contributed by atoms with Crippen molar-refractivity contribution in [2.45, 2.75) is 13.5 Å². The topological polar surface area (TPSA) is 33.2 Å². The van der Waals surface area contributed by atoms with Crippen molar-refractivity contribution < 1.29 is 4.79 Å². The lowest BCUT2D eigenvalue weighted by atomic mass is 10.1. The highest BCUT2D eigenvalue weighted by Crippen LogP contribution is 2.25. The van der Waals surface area contributed by atoms with E-state index in [0.717, 1.165) is 16.5 Å². The third-order valence-corrected chi connectivity index (χ3v) is 2.94. The van der Waals surface area contributed by atoms with Crippen LogP contribution in [0.3, 0.4) is 0 Å². The summed E-state index contributed by atoms with van der Waals surface area (Å²) in [6, 6.07) is 9.92. The number of amides is 1. The summed E-state index contributed by atoms with van der Waals surface area (Å²) in [5.41, 5.74) is 2.47. The molecule has 2 aromatic rings. The smallest absolute Gasteiger partial charge is 0.277 e. The van der Waals surface area contributed by atoms with Gasteiger partial charge in [-0.2, -0.15) is 0 Å². The van der Waals surface area contributed by atoms with E-state index in [-0.39, 0.29) is 5.91 Å². The maximum atomic E-state index is 12.0. The van der Waals surface area contributed by atoms with Gasteiger partial charge in [0.05, 0.1) is 12.1 Å². The molecular weight excluding hydrogens is 212 g/mol. The zero-order valence-electron chi connectivity index (χ0n) is 9.55. The van der Waals surface area contributed by atoms with Crippen molar-refractivity contribution in [2.24, 2.45) is 0 Å². The number of rotatable bonds is 1. The SMILES string of the molecule is C/C=C/N1Cc2cc3ccccc3nc2C1=O. The van der Waals surface area contributed by atoms with Crippen molar-refractivity contribution in [2.75, 3.05) is 0 Å². The Labute approximate surface area is 99.4 Å². The predicted molar refractivity (Wildman–Crippen MR) is 66.4 cm³/mol. The van der Waals surface area contributed by atoms with Crippen molar-refractivity contribution in [3.8, 4) is 0 Å².